The molecule has 0 spiro atoms. The Balaban J connectivity index is 1.61. The molecule has 0 radical (unpaired) electrons. The van der Waals surface area contributed by atoms with E-state index in [-0.39, 0.29) is 0 Å². The highest BCUT2D eigenvalue weighted by Crippen LogP contribution is 2.38. The molecule has 5 aromatic rings. The van der Waals surface area contributed by atoms with Gasteiger partial charge in [-0.15, -0.1) is 11.3 Å². The Hall–Kier alpha value is -2.98. The van der Waals surface area contributed by atoms with Gasteiger partial charge in [-0.1, -0.05) is 60.7 Å². The lowest BCUT2D eigenvalue weighted by Crippen LogP contribution is -2.02. The lowest BCUT2D eigenvalue weighted by molar-refractivity contribution is 0.969. The van der Waals surface area contributed by atoms with Crippen molar-refractivity contribution >= 4 is 31.5 Å². The first kappa shape index (κ1) is 20.0. The molecule has 0 amide bonds. The third kappa shape index (κ3) is 4.00. The summed E-state index contributed by atoms with van der Waals surface area (Å²) in [6.45, 7) is 1.35. The van der Waals surface area contributed by atoms with Crippen LogP contribution in [0, 0.1) is 0 Å². The van der Waals surface area contributed by atoms with E-state index in [0.717, 1.165) is 12.8 Å². The van der Waals surface area contributed by atoms with Crippen molar-refractivity contribution in [2.75, 3.05) is 13.1 Å². The molecular formula is C28H26N2S. The van der Waals surface area contributed by atoms with Crippen LogP contribution in [0.4, 0.5) is 0 Å². The van der Waals surface area contributed by atoms with Gasteiger partial charge in [0.2, 0.25) is 0 Å². The minimum atomic E-state index is 0.674. The summed E-state index contributed by atoms with van der Waals surface area (Å²) in [4.78, 5) is 0. The van der Waals surface area contributed by atoms with Gasteiger partial charge in [0.25, 0.3) is 0 Å². The summed E-state index contributed by atoms with van der Waals surface area (Å²) in [5, 5.41) is 2.64. The summed E-state index contributed by atoms with van der Waals surface area (Å²) in [6.07, 6.45) is 1.81. The van der Waals surface area contributed by atoms with Crippen molar-refractivity contribution in [3.8, 4) is 22.3 Å². The number of thiophene rings is 1. The molecule has 0 fully saturated rings. The van der Waals surface area contributed by atoms with Crippen molar-refractivity contribution < 1.29 is 0 Å². The topological polar surface area (TPSA) is 52.0 Å². The van der Waals surface area contributed by atoms with Crippen molar-refractivity contribution in [1.82, 2.24) is 0 Å². The van der Waals surface area contributed by atoms with E-state index < -0.39 is 0 Å². The van der Waals surface area contributed by atoms with E-state index in [2.05, 4.69) is 84.9 Å². The number of benzene rings is 4. The molecule has 154 valence electrons. The van der Waals surface area contributed by atoms with Crippen LogP contribution >= 0.6 is 11.3 Å². The summed E-state index contributed by atoms with van der Waals surface area (Å²) in [5.74, 6) is 0. The lowest BCUT2D eigenvalue weighted by Gasteiger charge is -2.07. The van der Waals surface area contributed by atoms with E-state index in [1.807, 2.05) is 11.3 Å². The molecule has 1 aromatic heterocycles. The lowest BCUT2D eigenvalue weighted by atomic mass is 9.98. The maximum atomic E-state index is 5.76. The standard InChI is InChI=1S/C28H26N2S/c29-13-11-19-3-1-5-21(15-19)23-7-9-27-25(17-23)26-18-24(8-10-28(26)31-27)22-6-2-4-20(16-22)12-14-30/h1-10,15-18H,11-14,29-30H2. The molecule has 0 saturated heterocycles. The Morgan fingerprint density at radius 2 is 0.968 bits per heavy atom. The fourth-order valence-corrected chi connectivity index (χ4v) is 5.35. The van der Waals surface area contributed by atoms with Crippen molar-refractivity contribution in [1.29, 1.82) is 0 Å². The minimum absolute atomic E-state index is 0.674. The summed E-state index contributed by atoms with van der Waals surface area (Å²) in [6, 6.07) is 31.1. The summed E-state index contributed by atoms with van der Waals surface area (Å²) >= 11 is 1.86. The average Bonchev–Trinajstić information content (AvgIpc) is 3.17. The fraction of sp³-hybridized carbons (Fsp3) is 0.143. The zero-order valence-electron chi connectivity index (χ0n) is 17.5. The molecule has 0 aliphatic rings. The van der Waals surface area contributed by atoms with Crippen LogP contribution in [-0.2, 0) is 12.8 Å². The van der Waals surface area contributed by atoms with Crippen LogP contribution in [0.25, 0.3) is 42.4 Å². The maximum Gasteiger partial charge on any atom is 0.0355 e. The molecule has 0 unspecified atom stereocenters. The average molecular weight is 423 g/mol. The van der Waals surface area contributed by atoms with Crippen molar-refractivity contribution in [2.45, 2.75) is 12.8 Å². The van der Waals surface area contributed by atoms with Gasteiger partial charge in [0.15, 0.2) is 0 Å². The van der Waals surface area contributed by atoms with Crippen LogP contribution in [0.1, 0.15) is 11.1 Å². The molecule has 0 aliphatic carbocycles. The van der Waals surface area contributed by atoms with Gasteiger partial charge < -0.3 is 11.5 Å². The highest BCUT2D eigenvalue weighted by Gasteiger charge is 2.09. The normalized spacial score (nSPS) is 11.4. The molecule has 0 saturated carbocycles. The molecule has 0 atom stereocenters. The van der Waals surface area contributed by atoms with E-state index >= 15 is 0 Å². The maximum absolute atomic E-state index is 5.76. The van der Waals surface area contributed by atoms with Crippen LogP contribution in [0.2, 0.25) is 0 Å². The fourth-order valence-electron chi connectivity index (χ4n) is 4.28. The quantitative estimate of drug-likeness (QED) is 0.333. The van der Waals surface area contributed by atoms with Gasteiger partial charge in [-0.05, 0) is 83.6 Å². The first-order chi connectivity index (χ1) is 15.2. The van der Waals surface area contributed by atoms with Crippen LogP contribution in [0.15, 0.2) is 84.9 Å². The van der Waals surface area contributed by atoms with Gasteiger partial charge >= 0.3 is 0 Å². The molecule has 5 rings (SSSR count). The van der Waals surface area contributed by atoms with Crippen LogP contribution in [0.3, 0.4) is 0 Å². The van der Waals surface area contributed by atoms with E-state index in [1.54, 1.807) is 0 Å². The van der Waals surface area contributed by atoms with E-state index in [9.17, 15) is 0 Å². The molecular weight excluding hydrogens is 396 g/mol. The van der Waals surface area contributed by atoms with Gasteiger partial charge in [0, 0.05) is 20.2 Å². The van der Waals surface area contributed by atoms with Crippen molar-refractivity contribution in [3.63, 3.8) is 0 Å². The largest absolute Gasteiger partial charge is 0.330 e. The Bertz CT molecular complexity index is 1260. The Morgan fingerprint density at radius 3 is 1.42 bits per heavy atom. The molecule has 3 heteroatoms. The third-order valence-electron chi connectivity index (χ3n) is 5.86. The first-order valence-corrected chi connectivity index (χ1v) is 11.6. The second-order valence-corrected chi connectivity index (χ2v) is 9.09. The Kier molecular flexibility index (Phi) is 5.56. The summed E-state index contributed by atoms with van der Waals surface area (Å²) in [7, 11) is 0. The van der Waals surface area contributed by atoms with Gasteiger partial charge in [-0.2, -0.15) is 0 Å². The van der Waals surface area contributed by atoms with Crippen LogP contribution < -0.4 is 11.5 Å². The molecule has 0 bridgehead atoms. The summed E-state index contributed by atoms with van der Waals surface area (Å²) in [5.41, 5.74) is 19.1. The second-order valence-electron chi connectivity index (χ2n) is 8.00. The highest BCUT2D eigenvalue weighted by molar-refractivity contribution is 7.25. The zero-order valence-corrected chi connectivity index (χ0v) is 18.3. The molecule has 2 nitrogen and oxygen atoms in total. The second kappa shape index (κ2) is 8.64. The van der Waals surface area contributed by atoms with Crippen LogP contribution in [0.5, 0.6) is 0 Å². The molecule has 1 heterocycles. The van der Waals surface area contributed by atoms with Gasteiger partial charge in [0.05, 0.1) is 0 Å². The monoisotopic (exact) mass is 422 g/mol. The van der Waals surface area contributed by atoms with Gasteiger partial charge in [-0.25, -0.2) is 0 Å². The minimum Gasteiger partial charge on any atom is -0.330 e. The smallest absolute Gasteiger partial charge is 0.0355 e. The molecule has 0 aliphatic heterocycles. The predicted octanol–water partition coefficient (Wildman–Crippen LogP) is 6.39. The molecule has 4 aromatic carbocycles. The SMILES string of the molecule is NCCc1cccc(-c2ccc3sc4ccc(-c5cccc(CCN)c5)cc4c3c2)c1. The number of hydrogen-bond acceptors (Lipinski definition) is 3. The zero-order chi connectivity index (χ0) is 21.2. The van der Waals surface area contributed by atoms with E-state index in [1.165, 1.54) is 53.6 Å². The number of hydrogen-bond donors (Lipinski definition) is 2. The Labute approximate surface area is 187 Å². The van der Waals surface area contributed by atoms with Crippen LogP contribution in [-0.4, -0.2) is 13.1 Å². The molecule has 4 N–H and O–H groups in total. The summed E-state index contributed by atoms with van der Waals surface area (Å²) < 4.78 is 2.65. The van der Waals surface area contributed by atoms with Crippen molar-refractivity contribution in [2.24, 2.45) is 11.5 Å². The first-order valence-electron chi connectivity index (χ1n) is 10.8. The predicted molar refractivity (Wildman–Crippen MR) is 136 cm³/mol. The Morgan fingerprint density at radius 1 is 0.516 bits per heavy atom. The number of nitrogens with two attached hydrogens (primary N) is 2. The highest BCUT2D eigenvalue weighted by atomic mass is 32.1. The number of rotatable bonds is 6. The van der Waals surface area contributed by atoms with E-state index in [4.69, 9.17) is 11.5 Å². The number of fused-ring (bicyclic) bond motifs is 3. The van der Waals surface area contributed by atoms with Crippen molar-refractivity contribution in [3.05, 3.63) is 96.1 Å². The molecule has 31 heavy (non-hydrogen) atoms. The van der Waals surface area contributed by atoms with E-state index in [0.29, 0.717) is 13.1 Å². The van der Waals surface area contributed by atoms with Gasteiger partial charge in [-0.3, -0.25) is 0 Å². The third-order valence-corrected chi connectivity index (χ3v) is 7.01. The van der Waals surface area contributed by atoms with Gasteiger partial charge in [0.1, 0.15) is 0 Å².